The molecule has 0 aliphatic carbocycles. The van der Waals surface area contributed by atoms with Gasteiger partial charge < -0.3 is 24.6 Å². The van der Waals surface area contributed by atoms with Crippen LogP contribution in [-0.2, 0) is 11.3 Å². The van der Waals surface area contributed by atoms with E-state index >= 15 is 0 Å². The van der Waals surface area contributed by atoms with E-state index in [0.717, 1.165) is 80.9 Å². The molecule has 4 heterocycles. The first-order chi connectivity index (χ1) is 16.3. The quantitative estimate of drug-likeness (QED) is 0.592. The summed E-state index contributed by atoms with van der Waals surface area (Å²) >= 11 is 0. The molecule has 2 saturated heterocycles. The number of nitrogens with zero attached hydrogens (tertiary/aromatic N) is 5. The molecule has 0 amide bonds. The minimum absolute atomic E-state index is 0.306. The zero-order chi connectivity index (χ0) is 22.3. The van der Waals surface area contributed by atoms with Gasteiger partial charge in [-0.2, -0.15) is 0 Å². The fraction of sp³-hybridized carbons (Fsp3) is 0.400. The number of piperidine rings is 1. The Kier molecular flexibility index (Phi) is 6.82. The Morgan fingerprint density at radius 2 is 1.88 bits per heavy atom. The van der Waals surface area contributed by atoms with E-state index in [9.17, 15) is 0 Å². The SMILES string of the molecule is c1ccc(COc2cncc(N3CCC[C@@H](Nc4cc(N5CCOCC5)ncn4)C3)c2)cc1. The molecule has 5 rings (SSSR count). The van der Waals surface area contributed by atoms with Crippen LogP contribution in [0.4, 0.5) is 17.3 Å². The van der Waals surface area contributed by atoms with Crippen LogP contribution in [0, 0.1) is 0 Å². The fourth-order valence-electron chi connectivity index (χ4n) is 4.33. The molecule has 172 valence electrons. The summed E-state index contributed by atoms with van der Waals surface area (Å²) in [5.41, 5.74) is 2.23. The second kappa shape index (κ2) is 10.5. The van der Waals surface area contributed by atoms with Crippen molar-refractivity contribution in [2.75, 3.05) is 54.5 Å². The lowest BCUT2D eigenvalue weighted by molar-refractivity contribution is 0.122. The van der Waals surface area contributed by atoms with E-state index in [4.69, 9.17) is 9.47 Å². The molecule has 2 fully saturated rings. The molecule has 2 aliphatic heterocycles. The zero-order valence-electron chi connectivity index (χ0n) is 18.8. The van der Waals surface area contributed by atoms with Gasteiger partial charge in [0.25, 0.3) is 0 Å². The topological polar surface area (TPSA) is 75.6 Å². The van der Waals surface area contributed by atoms with Crippen LogP contribution in [0.1, 0.15) is 18.4 Å². The highest BCUT2D eigenvalue weighted by molar-refractivity contribution is 5.51. The van der Waals surface area contributed by atoms with Crippen molar-refractivity contribution in [3.63, 3.8) is 0 Å². The van der Waals surface area contributed by atoms with Crippen LogP contribution in [0.5, 0.6) is 5.75 Å². The van der Waals surface area contributed by atoms with E-state index in [1.165, 1.54) is 0 Å². The molecule has 0 bridgehead atoms. The summed E-state index contributed by atoms with van der Waals surface area (Å²) in [7, 11) is 0. The number of aromatic nitrogens is 3. The number of morpholine rings is 1. The lowest BCUT2D eigenvalue weighted by atomic mass is 10.1. The van der Waals surface area contributed by atoms with Gasteiger partial charge in [0.1, 0.15) is 30.3 Å². The number of hydrogen-bond donors (Lipinski definition) is 1. The largest absolute Gasteiger partial charge is 0.487 e. The molecule has 3 aromatic rings. The summed E-state index contributed by atoms with van der Waals surface area (Å²) < 4.78 is 11.4. The maximum absolute atomic E-state index is 5.98. The number of nitrogens with one attached hydrogen (secondary N) is 1. The first kappa shape index (κ1) is 21.5. The summed E-state index contributed by atoms with van der Waals surface area (Å²) in [6.45, 7) is 5.65. The molecule has 8 heteroatoms. The first-order valence-corrected chi connectivity index (χ1v) is 11.6. The van der Waals surface area contributed by atoms with Gasteiger partial charge in [0.2, 0.25) is 0 Å². The van der Waals surface area contributed by atoms with Crippen molar-refractivity contribution in [2.45, 2.75) is 25.5 Å². The minimum Gasteiger partial charge on any atom is -0.487 e. The van der Waals surface area contributed by atoms with E-state index in [2.05, 4.69) is 48.3 Å². The van der Waals surface area contributed by atoms with Gasteiger partial charge in [-0.1, -0.05) is 30.3 Å². The minimum atomic E-state index is 0.306. The summed E-state index contributed by atoms with van der Waals surface area (Å²) in [6, 6.07) is 14.6. The molecule has 0 unspecified atom stereocenters. The second-order valence-corrected chi connectivity index (χ2v) is 8.44. The Morgan fingerprint density at radius 1 is 1.00 bits per heavy atom. The van der Waals surface area contributed by atoms with Crippen LogP contribution in [0.25, 0.3) is 0 Å². The summed E-state index contributed by atoms with van der Waals surface area (Å²) in [5, 5.41) is 3.62. The Labute approximate surface area is 194 Å². The molecule has 0 radical (unpaired) electrons. The van der Waals surface area contributed by atoms with E-state index in [0.29, 0.717) is 12.6 Å². The Hall–Kier alpha value is -3.39. The first-order valence-electron chi connectivity index (χ1n) is 11.6. The van der Waals surface area contributed by atoms with Gasteiger partial charge in [0, 0.05) is 44.4 Å². The zero-order valence-corrected chi connectivity index (χ0v) is 18.8. The standard InChI is InChI=1S/C25H30N6O2/c1-2-5-20(6-3-1)18-33-23-13-22(15-26-16-23)31-8-4-7-21(17-31)29-24-14-25(28-19-27-24)30-9-11-32-12-10-30/h1-3,5-6,13-16,19,21H,4,7-12,17-18H2,(H,27,28,29)/t21-/m1/s1. The van der Waals surface area contributed by atoms with Crippen molar-refractivity contribution in [1.29, 1.82) is 0 Å². The molecule has 1 N–H and O–H groups in total. The predicted octanol–water partition coefficient (Wildman–Crippen LogP) is 3.37. The summed E-state index contributed by atoms with van der Waals surface area (Å²) in [6.07, 6.45) is 7.55. The molecule has 1 aromatic carbocycles. The number of anilines is 3. The fourth-order valence-corrected chi connectivity index (χ4v) is 4.33. The third-order valence-electron chi connectivity index (χ3n) is 6.07. The van der Waals surface area contributed by atoms with Gasteiger partial charge in [-0.25, -0.2) is 9.97 Å². The summed E-state index contributed by atoms with van der Waals surface area (Å²) in [5.74, 6) is 2.62. The van der Waals surface area contributed by atoms with Crippen molar-refractivity contribution >= 4 is 17.3 Å². The smallest absolute Gasteiger partial charge is 0.140 e. The van der Waals surface area contributed by atoms with Crippen molar-refractivity contribution in [1.82, 2.24) is 15.0 Å². The maximum Gasteiger partial charge on any atom is 0.140 e. The van der Waals surface area contributed by atoms with Gasteiger partial charge in [0.15, 0.2) is 0 Å². The van der Waals surface area contributed by atoms with Gasteiger partial charge in [-0.15, -0.1) is 0 Å². The Morgan fingerprint density at radius 3 is 2.76 bits per heavy atom. The second-order valence-electron chi connectivity index (χ2n) is 8.44. The molecular weight excluding hydrogens is 416 g/mol. The highest BCUT2D eigenvalue weighted by Crippen LogP contribution is 2.25. The van der Waals surface area contributed by atoms with Crippen molar-refractivity contribution < 1.29 is 9.47 Å². The van der Waals surface area contributed by atoms with Crippen LogP contribution >= 0.6 is 0 Å². The highest BCUT2D eigenvalue weighted by Gasteiger charge is 2.22. The molecular formula is C25H30N6O2. The van der Waals surface area contributed by atoms with E-state index in [-0.39, 0.29) is 0 Å². The van der Waals surface area contributed by atoms with E-state index in [1.54, 1.807) is 12.5 Å². The molecule has 2 aliphatic rings. The molecule has 1 atom stereocenters. The van der Waals surface area contributed by atoms with Gasteiger partial charge in [0.05, 0.1) is 31.3 Å². The monoisotopic (exact) mass is 446 g/mol. The van der Waals surface area contributed by atoms with E-state index < -0.39 is 0 Å². The third kappa shape index (κ3) is 5.70. The molecule has 33 heavy (non-hydrogen) atoms. The lowest BCUT2D eigenvalue weighted by Gasteiger charge is -2.35. The molecule has 8 nitrogen and oxygen atoms in total. The number of benzene rings is 1. The van der Waals surface area contributed by atoms with Crippen molar-refractivity contribution in [2.24, 2.45) is 0 Å². The van der Waals surface area contributed by atoms with Gasteiger partial charge in [-0.3, -0.25) is 4.98 Å². The van der Waals surface area contributed by atoms with Crippen LogP contribution in [0.2, 0.25) is 0 Å². The summed E-state index contributed by atoms with van der Waals surface area (Å²) in [4.78, 5) is 18.0. The number of rotatable bonds is 7. The van der Waals surface area contributed by atoms with Crippen LogP contribution in [-0.4, -0.2) is 60.4 Å². The van der Waals surface area contributed by atoms with Crippen LogP contribution in [0.3, 0.4) is 0 Å². The predicted molar refractivity (Wildman–Crippen MR) is 129 cm³/mol. The molecule has 2 aromatic heterocycles. The highest BCUT2D eigenvalue weighted by atomic mass is 16.5. The third-order valence-corrected chi connectivity index (χ3v) is 6.07. The maximum atomic E-state index is 5.98. The Balaban J connectivity index is 1.20. The normalized spacial score (nSPS) is 18.7. The number of pyridine rings is 1. The molecule has 0 spiro atoms. The van der Waals surface area contributed by atoms with E-state index in [1.807, 2.05) is 30.5 Å². The van der Waals surface area contributed by atoms with Gasteiger partial charge >= 0.3 is 0 Å². The van der Waals surface area contributed by atoms with Crippen molar-refractivity contribution in [3.05, 3.63) is 66.7 Å². The Bertz CT molecular complexity index is 1030. The number of ether oxygens (including phenoxy) is 2. The molecule has 0 saturated carbocycles. The van der Waals surface area contributed by atoms with Gasteiger partial charge in [-0.05, 0) is 18.4 Å². The van der Waals surface area contributed by atoms with Crippen LogP contribution < -0.4 is 19.9 Å². The van der Waals surface area contributed by atoms with Crippen LogP contribution in [0.15, 0.2) is 61.2 Å². The number of hydrogen-bond acceptors (Lipinski definition) is 8. The van der Waals surface area contributed by atoms with Crippen molar-refractivity contribution in [3.8, 4) is 5.75 Å². The average molecular weight is 447 g/mol. The average Bonchev–Trinajstić information content (AvgIpc) is 2.89. The lowest BCUT2D eigenvalue weighted by Crippen LogP contribution is -2.42.